The molecule has 0 aromatic carbocycles. The van der Waals surface area contributed by atoms with Gasteiger partial charge in [-0.05, 0) is 37.6 Å². The number of nitrogens with zero attached hydrogens (tertiary/aromatic N) is 3. The fourth-order valence-electron chi connectivity index (χ4n) is 2.31. The molecule has 3 rings (SSSR count). The number of nitrogens with one attached hydrogen (secondary N) is 2. The number of pyridine rings is 1. The lowest BCUT2D eigenvalue weighted by molar-refractivity contribution is 0.251. The Morgan fingerprint density at radius 1 is 1.21 bits per heavy atom. The third kappa shape index (κ3) is 3.81. The van der Waals surface area contributed by atoms with Crippen LogP contribution in [-0.2, 0) is 13.1 Å². The summed E-state index contributed by atoms with van der Waals surface area (Å²) in [6, 6.07) is 9.05. The molecule has 2 amide bonds. The van der Waals surface area contributed by atoms with E-state index in [-0.39, 0.29) is 6.03 Å². The largest absolute Gasteiger partial charge is 0.464 e. The third-order valence-electron chi connectivity index (χ3n) is 3.59. The van der Waals surface area contributed by atoms with Gasteiger partial charge < -0.3 is 9.73 Å². The maximum absolute atomic E-state index is 12.1. The number of hydrogen-bond acceptors (Lipinski definition) is 4. The second kappa shape index (κ2) is 6.99. The van der Waals surface area contributed by atoms with E-state index < -0.39 is 0 Å². The summed E-state index contributed by atoms with van der Waals surface area (Å²) in [5.41, 5.74) is 1.88. The van der Waals surface area contributed by atoms with Crippen LogP contribution in [0, 0.1) is 13.8 Å². The molecule has 7 heteroatoms. The summed E-state index contributed by atoms with van der Waals surface area (Å²) >= 11 is 0. The normalized spacial score (nSPS) is 10.6. The van der Waals surface area contributed by atoms with Gasteiger partial charge in [0.1, 0.15) is 23.9 Å². The predicted molar refractivity (Wildman–Crippen MR) is 89.6 cm³/mol. The van der Waals surface area contributed by atoms with E-state index >= 15 is 0 Å². The van der Waals surface area contributed by atoms with Gasteiger partial charge in [0.05, 0.1) is 18.4 Å². The number of urea groups is 1. The van der Waals surface area contributed by atoms with Crippen LogP contribution >= 0.6 is 0 Å². The molecule has 0 fully saturated rings. The Hall–Kier alpha value is -3.09. The van der Waals surface area contributed by atoms with Crippen molar-refractivity contribution in [2.75, 3.05) is 5.32 Å². The molecule has 0 atom stereocenters. The van der Waals surface area contributed by atoms with Gasteiger partial charge >= 0.3 is 6.03 Å². The zero-order chi connectivity index (χ0) is 16.9. The first-order chi connectivity index (χ1) is 11.6. The average molecular weight is 325 g/mol. The second-order valence-electron chi connectivity index (χ2n) is 5.46. The highest BCUT2D eigenvalue weighted by Gasteiger charge is 2.09. The molecule has 3 aromatic rings. The minimum absolute atomic E-state index is 0.308. The first-order valence-electron chi connectivity index (χ1n) is 7.64. The first-order valence-corrected chi connectivity index (χ1v) is 7.64. The fourth-order valence-corrected chi connectivity index (χ4v) is 2.31. The molecule has 3 heterocycles. The zero-order valence-corrected chi connectivity index (χ0v) is 13.6. The number of rotatable bonds is 5. The topological polar surface area (TPSA) is 85.0 Å². The van der Waals surface area contributed by atoms with E-state index in [0.717, 1.165) is 22.8 Å². The molecular formula is C17H19N5O2. The summed E-state index contributed by atoms with van der Waals surface area (Å²) in [6.07, 6.45) is 3.34. The molecule has 0 aliphatic carbocycles. The molecule has 0 bridgehead atoms. The van der Waals surface area contributed by atoms with Gasteiger partial charge in [0, 0.05) is 12.3 Å². The Balaban J connectivity index is 1.59. The average Bonchev–Trinajstić information content (AvgIpc) is 3.16. The van der Waals surface area contributed by atoms with Crippen molar-refractivity contribution in [2.24, 2.45) is 0 Å². The highest BCUT2D eigenvalue weighted by molar-refractivity contribution is 5.88. The van der Waals surface area contributed by atoms with E-state index in [4.69, 9.17) is 4.42 Å². The highest BCUT2D eigenvalue weighted by Crippen LogP contribution is 2.12. The number of carbonyl (C=O) groups is 1. The maximum Gasteiger partial charge on any atom is 0.320 e. The van der Waals surface area contributed by atoms with Gasteiger partial charge in [-0.2, -0.15) is 5.10 Å². The van der Waals surface area contributed by atoms with E-state index in [9.17, 15) is 4.79 Å². The third-order valence-corrected chi connectivity index (χ3v) is 3.59. The number of aryl methyl sites for hydroxylation is 2. The summed E-state index contributed by atoms with van der Waals surface area (Å²) < 4.78 is 7.21. The summed E-state index contributed by atoms with van der Waals surface area (Å²) in [6.45, 7) is 4.67. The number of anilines is 1. The Morgan fingerprint density at radius 2 is 2.08 bits per heavy atom. The molecule has 3 aromatic heterocycles. The second-order valence-corrected chi connectivity index (χ2v) is 5.46. The summed E-state index contributed by atoms with van der Waals surface area (Å²) in [7, 11) is 0. The van der Waals surface area contributed by atoms with Gasteiger partial charge in [0.15, 0.2) is 0 Å². The number of amides is 2. The van der Waals surface area contributed by atoms with E-state index in [1.807, 2.05) is 38.1 Å². The van der Waals surface area contributed by atoms with Crippen molar-refractivity contribution >= 4 is 11.8 Å². The minimum atomic E-state index is -0.308. The number of carbonyl (C=O) groups excluding carboxylic acids is 1. The van der Waals surface area contributed by atoms with Crippen molar-refractivity contribution in [2.45, 2.75) is 26.9 Å². The monoisotopic (exact) mass is 325 g/mol. The Morgan fingerprint density at radius 3 is 2.83 bits per heavy atom. The van der Waals surface area contributed by atoms with Crippen LogP contribution in [0.25, 0.3) is 0 Å². The van der Waals surface area contributed by atoms with E-state index in [1.54, 1.807) is 23.1 Å². The lowest BCUT2D eigenvalue weighted by atomic mass is 10.2. The van der Waals surface area contributed by atoms with Crippen LogP contribution in [0.2, 0.25) is 0 Å². The summed E-state index contributed by atoms with van der Waals surface area (Å²) in [5.74, 6) is 2.22. The molecule has 0 aliphatic heterocycles. The van der Waals surface area contributed by atoms with Crippen LogP contribution in [0.1, 0.15) is 22.8 Å². The van der Waals surface area contributed by atoms with Gasteiger partial charge in [0.2, 0.25) is 0 Å². The summed E-state index contributed by atoms with van der Waals surface area (Å²) in [5, 5.41) is 9.79. The quantitative estimate of drug-likeness (QED) is 0.755. The molecule has 0 aliphatic rings. The van der Waals surface area contributed by atoms with Crippen molar-refractivity contribution in [3.05, 3.63) is 65.5 Å². The molecular weight excluding hydrogens is 306 g/mol. The molecule has 0 radical (unpaired) electrons. The minimum Gasteiger partial charge on any atom is -0.464 e. The molecule has 0 saturated carbocycles. The lowest BCUT2D eigenvalue weighted by Crippen LogP contribution is -2.29. The number of furan rings is 1. The van der Waals surface area contributed by atoms with Gasteiger partial charge in [-0.15, -0.1) is 0 Å². The van der Waals surface area contributed by atoms with Gasteiger partial charge in [0.25, 0.3) is 0 Å². The van der Waals surface area contributed by atoms with Crippen LogP contribution in [0.3, 0.4) is 0 Å². The predicted octanol–water partition coefficient (Wildman–Crippen LogP) is 2.86. The highest BCUT2D eigenvalue weighted by atomic mass is 16.3. The van der Waals surface area contributed by atoms with Crippen molar-refractivity contribution in [3.63, 3.8) is 0 Å². The van der Waals surface area contributed by atoms with Crippen molar-refractivity contribution < 1.29 is 9.21 Å². The Bertz CT molecular complexity index is 837. The van der Waals surface area contributed by atoms with E-state index in [2.05, 4.69) is 20.7 Å². The van der Waals surface area contributed by atoms with E-state index in [1.165, 1.54) is 0 Å². The molecule has 124 valence electrons. The Labute approximate surface area is 139 Å². The summed E-state index contributed by atoms with van der Waals surface area (Å²) in [4.78, 5) is 16.3. The van der Waals surface area contributed by atoms with Gasteiger partial charge in [-0.1, -0.05) is 6.07 Å². The molecule has 24 heavy (non-hydrogen) atoms. The number of hydrogen-bond donors (Lipinski definition) is 2. The fraction of sp³-hybridized carbons (Fsp3) is 0.235. The smallest absolute Gasteiger partial charge is 0.320 e. The van der Waals surface area contributed by atoms with Crippen molar-refractivity contribution in [1.29, 1.82) is 0 Å². The first kappa shape index (κ1) is 15.8. The SMILES string of the molecule is Cc1ccc(Cn2nccc2NC(=O)NCc2ncccc2C)o1. The van der Waals surface area contributed by atoms with Gasteiger partial charge in [-0.25, -0.2) is 9.48 Å². The van der Waals surface area contributed by atoms with Crippen molar-refractivity contribution in [1.82, 2.24) is 20.1 Å². The molecule has 0 unspecified atom stereocenters. The van der Waals surface area contributed by atoms with Crippen LogP contribution in [0.4, 0.5) is 10.6 Å². The standard InChI is InChI=1S/C17H19N5O2/c1-12-4-3-8-18-15(12)10-19-17(23)21-16-7-9-20-22(16)11-14-6-5-13(2)24-14/h3-9H,10-11H2,1-2H3,(H2,19,21,23). The van der Waals surface area contributed by atoms with Gasteiger partial charge in [-0.3, -0.25) is 10.3 Å². The molecule has 0 saturated heterocycles. The van der Waals surface area contributed by atoms with Crippen LogP contribution in [0.5, 0.6) is 0 Å². The maximum atomic E-state index is 12.1. The molecule has 7 nitrogen and oxygen atoms in total. The van der Waals surface area contributed by atoms with Crippen LogP contribution < -0.4 is 10.6 Å². The van der Waals surface area contributed by atoms with E-state index in [0.29, 0.717) is 18.9 Å². The van der Waals surface area contributed by atoms with Crippen LogP contribution in [0.15, 0.2) is 47.1 Å². The van der Waals surface area contributed by atoms with Crippen LogP contribution in [-0.4, -0.2) is 20.8 Å². The Kier molecular flexibility index (Phi) is 4.60. The molecule has 2 N–H and O–H groups in total. The lowest BCUT2D eigenvalue weighted by Gasteiger charge is -2.10. The zero-order valence-electron chi connectivity index (χ0n) is 13.6. The molecule has 0 spiro atoms. The van der Waals surface area contributed by atoms with Crippen molar-refractivity contribution in [3.8, 4) is 0 Å². The number of aromatic nitrogens is 3.